The molecule has 0 spiro atoms. The molecule has 0 heterocycles. The van der Waals surface area contributed by atoms with Crippen LogP contribution in [-0.4, -0.2) is 27.1 Å². The van der Waals surface area contributed by atoms with Gasteiger partial charge in [0.2, 0.25) is 0 Å². The molecular formula is C24H32N2O2. The van der Waals surface area contributed by atoms with E-state index < -0.39 is 0 Å². The first kappa shape index (κ1) is 21.5. The van der Waals surface area contributed by atoms with E-state index in [1.807, 2.05) is 56.3 Å². The molecule has 0 aliphatic rings. The molecule has 0 atom stereocenters. The van der Waals surface area contributed by atoms with E-state index in [1.165, 1.54) is 11.1 Å². The molecule has 0 saturated heterocycles. The number of aryl methyl sites for hydroxylation is 1. The molecular weight excluding hydrogens is 348 g/mol. The van der Waals surface area contributed by atoms with Gasteiger partial charge in [0.25, 0.3) is 5.91 Å². The maximum atomic E-state index is 13.0. The predicted molar refractivity (Wildman–Crippen MR) is 120 cm³/mol. The Morgan fingerprint density at radius 2 is 1.86 bits per heavy atom. The van der Waals surface area contributed by atoms with Crippen LogP contribution < -0.4 is 15.0 Å². The molecule has 0 aliphatic carbocycles. The first-order chi connectivity index (χ1) is 13.2. The van der Waals surface area contributed by atoms with Crippen molar-refractivity contribution in [2.24, 2.45) is 0 Å². The Kier molecular flexibility index (Phi) is 6.90. The van der Waals surface area contributed by atoms with Crippen LogP contribution in [0.1, 0.15) is 60.7 Å². The van der Waals surface area contributed by atoms with E-state index in [0.717, 1.165) is 28.9 Å². The summed E-state index contributed by atoms with van der Waals surface area (Å²) >= 11 is 0. The third-order valence-corrected chi connectivity index (χ3v) is 4.90. The van der Waals surface area contributed by atoms with Gasteiger partial charge in [0.05, 0.1) is 12.7 Å². The Morgan fingerprint density at radius 1 is 1.18 bits per heavy atom. The average Bonchev–Trinajstić information content (AvgIpc) is 2.66. The summed E-state index contributed by atoms with van der Waals surface area (Å²) in [7, 11) is 5.59. The van der Waals surface area contributed by atoms with Crippen molar-refractivity contribution in [3.8, 4) is 5.75 Å². The van der Waals surface area contributed by atoms with E-state index in [1.54, 1.807) is 7.11 Å². The lowest BCUT2D eigenvalue weighted by Crippen LogP contribution is -2.16. The lowest BCUT2D eigenvalue weighted by molar-refractivity contribution is 0.102. The van der Waals surface area contributed by atoms with E-state index in [0.29, 0.717) is 17.2 Å². The number of ether oxygens (including phenoxy) is 1. The fourth-order valence-electron chi connectivity index (χ4n) is 3.37. The molecule has 150 valence electrons. The molecule has 0 radical (unpaired) electrons. The first-order valence-electron chi connectivity index (χ1n) is 9.68. The molecule has 0 unspecified atom stereocenters. The number of methoxy groups -OCH3 is 1. The van der Waals surface area contributed by atoms with Gasteiger partial charge in [-0.2, -0.15) is 0 Å². The van der Waals surface area contributed by atoms with Crippen LogP contribution in [0.2, 0.25) is 0 Å². The topological polar surface area (TPSA) is 41.6 Å². The number of benzene rings is 2. The maximum absolute atomic E-state index is 13.0. The number of carbonyl (C=O) groups is 1. The highest BCUT2D eigenvalue weighted by Gasteiger charge is 2.18. The number of amides is 1. The number of carbonyl (C=O) groups excluding carboxylic acids is 1. The fourth-order valence-corrected chi connectivity index (χ4v) is 3.37. The summed E-state index contributed by atoms with van der Waals surface area (Å²) in [5.74, 6) is 0.761. The van der Waals surface area contributed by atoms with Crippen LogP contribution >= 0.6 is 0 Å². The monoisotopic (exact) mass is 380 g/mol. The van der Waals surface area contributed by atoms with Crippen LogP contribution in [0.4, 0.5) is 11.4 Å². The average molecular weight is 381 g/mol. The van der Waals surface area contributed by atoms with E-state index in [4.69, 9.17) is 4.74 Å². The number of hydrogen-bond donors (Lipinski definition) is 1. The van der Waals surface area contributed by atoms with Crippen molar-refractivity contribution >= 4 is 22.9 Å². The van der Waals surface area contributed by atoms with Crippen LogP contribution in [0.5, 0.6) is 5.75 Å². The summed E-state index contributed by atoms with van der Waals surface area (Å²) in [5, 5.41) is 3.02. The summed E-state index contributed by atoms with van der Waals surface area (Å²) < 4.78 is 5.51. The van der Waals surface area contributed by atoms with Gasteiger partial charge in [-0.05, 0) is 66.3 Å². The van der Waals surface area contributed by atoms with Gasteiger partial charge >= 0.3 is 0 Å². The third kappa shape index (κ3) is 4.56. The highest BCUT2D eigenvalue weighted by atomic mass is 16.5. The largest absolute Gasteiger partial charge is 0.496 e. The number of rotatable bonds is 7. The Labute approximate surface area is 169 Å². The first-order valence-corrected chi connectivity index (χ1v) is 9.68. The van der Waals surface area contributed by atoms with Gasteiger partial charge in [0, 0.05) is 31.0 Å². The minimum absolute atomic E-state index is 0.174. The summed E-state index contributed by atoms with van der Waals surface area (Å²) in [6, 6.07) is 9.82. The van der Waals surface area contributed by atoms with Crippen molar-refractivity contribution < 1.29 is 9.53 Å². The summed E-state index contributed by atoms with van der Waals surface area (Å²) in [5.41, 5.74) is 6.71. The summed E-state index contributed by atoms with van der Waals surface area (Å²) in [6.45, 7) is 12.4. The molecule has 4 heteroatoms. The standard InChI is InChI=1S/C24H32N2O2/c1-9-17-12-23(28-8)21(14-19(17)15(2)3)24(27)25-18-10-11-22(26(6)7)20(13-18)16(4)5/h10-15H,4,9H2,1-3,5-8H3,(H,25,27). The fraction of sp³-hybridized carbons (Fsp3) is 0.375. The highest BCUT2D eigenvalue weighted by Crippen LogP contribution is 2.31. The SMILES string of the molecule is C=C(C)c1cc(NC(=O)c2cc(C(C)C)c(CC)cc2OC)ccc1N(C)C. The molecule has 2 aromatic rings. The molecule has 0 bridgehead atoms. The Morgan fingerprint density at radius 3 is 2.36 bits per heavy atom. The Bertz CT molecular complexity index is 882. The normalized spacial score (nSPS) is 10.7. The number of anilines is 2. The van der Waals surface area contributed by atoms with Crippen molar-refractivity contribution in [3.63, 3.8) is 0 Å². The molecule has 0 fully saturated rings. The van der Waals surface area contributed by atoms with E-state index in [-0.39, 0.29) is 5.91 Å². The second-order valence-corrected chi connectivity index (χ2v) is 7.62. The molecule has 28 heavy (non-hydrogen) atoms. The minimum atomic E-state index is -0.174. The maximum Gasteiger partial charge on any atom is 0.259 e. The lowest BCUT2D eigenvalue weighted by Gasteiger charge is -2.20. The van der Waals surface area contributed by atoms with Crippen molar-refractivity contribution in [2.75, 3.05) is 31.4 Å². The van der Waals surface area contributed by atoms with Crippen LogP contribution in [0.15, 0.2) is 36.9 Å². The molecule has 4 nitrogen and oxygen atoms in total. The minimum Gasteiger partial charge on any atom is -0.496 e. The Hall–Kier alpha value is -2.75. The molecule has 2 aromatic carbocycles. The van der Waals surface area contributed by atoms with Gasteiger partial charge < -0.3 is 15.0 Å². The molecule has 0 aliphatic heterocycles. The van der Waals surface area contributed by atoms with Crippen molar-refractivity contribution in [1.82, 2.24) is 0 Å². The molecule has 0 aromatic heterocycles. The van der Waals surface area contributed by atoms with Crippen molar-refractivity contribution in [1.29, 1.82) is 0 Å². The van der Waals surface area contributed by atoms with Gasteiger partial charge in [-0.3, -0.25) is 4.79 Å². The number of nitrogens with zero attached hydrogens (tertiary/aromatic N) is 1. The van der Waals surface area contributed by atoms with Crippen LogP contribution in [-0.2, 0) is 6.42 Å². The predicted octanol–water partition coefficient (Wildman–Crippen LogP) is 5.73. The molecule has 0 saturated carbocycles. The van der Waals surface area contributed by atoms with E-state index in [9.17, 15) is 4.79 Å². The molecule has 2 rings (SSSR count). The van der Waals surface area contributed by atoms with Gasteiger partial charge in [-0.1, -0.05) is 27.4 Å². The van der Waals surface area contributed by atoms with Crippen molar-refractivity contribution in [2.45, 2.75) is 40.0 Å². The molecule has 1 amide bonds. The van der Waals surface area contributed by atoms with Gasteiger partial charge in [0.1, 0.15) is 5.75 Å². The van der Waals surface area contributed by atoms with Crippen LogP contribution in [0, 0.1) is 0 Å². The number of hydrogen-bond acceptors (Lipinski definition) is 3. The number of allylic oxidation sites excluding steroid dienone is 1. The summed E-state index contributed by atoms with van der Waals surface area (Å²) in [6.07, 6.45) is 0.903. The van der Waals surface area contributed by atoms with Gasteiger partial charge in [0.15, 0.2) is 0 Å². The lowest BCUT2D eigenvalue weighted by atomic mass is 9.92. The highest BCUT2D eigenvalue weighted by molar-refractivity contribution is 6.06. The number of nitrogens with one attached hydrogen (secondary N) is 1. The Balaban J connectivity index is 2.43. The van der Waals surface area contributed by atoms with Crippen LogP contribution in [0.3, 0.4) is 0 Å². The van der Waals surface area contributed by atoms with Gasteiger partial charge in [-0.25, -0.2) is 0 Å². The van der Waals surface area contributed by atoms with Crippen LogP contribution in [0.25, 0.3) is 5.57 Å². The smallest absolute Gasteiger partial charge is 0.259 e. The van der Waals surface area contributed by atoms with E-state index in [2.05, 4.69) is 32.7 Å². The summed E-state index contributed by atoms with van der Waals surface area (Å²) in [4.78, 5) is 15.1. The second kappa shape index (κ2) is 8.96. The quantitative estimate of drug-likeness (QED) is 0.667. The molecule has 1 N–H and O–H groups in total. The zero-order valence-corrected chi connectivity index (χ0v) is 18.1. The van der Waals surface area contributed by atoms with E-state index >= 15 is 0 Å². The zero-order chi connectivity index (χ0) is 21.0. The zero-order valence-electron chi connectivity index (χ0n) is 18.1. The van der Waals surface area contributed by atoms with Gasteiger partial charge in [-0.15, -0.1) is 0 Å². The third-order valence-electron chi connectivity index (χ3n) is 4.90. The van der Waals surface area contributed by atoms with Crippen molar-refractivity contribution in [3.05, 3.63) is 59.2 Å². The second-order valence-electron chi connectivity index (χ2n) is 7.62.